The van der Waals surface area contributed by atoms with Gasteiger partial charge in [0.2, 0.25) is 11.8 Å². The number of amides is 3. The number of nitrogens with one attached hydrogen (secondary N) is 2. The Morgan fingerprint density at radius 3 is 2.46 bits per heavy atom. The molecule has 7 nitrogen and oxygen atoms in total. The molecule has 0 bridgehead atoms. The van der Waals surface area contributed by atoms with Gasteiger partial charge in [0.05, 0.1) is 0 Å². The summed E-state index contributed by atoms with van der Waals surface area (Å²) < 4.78 is 15.1. The Morgan fingerprint density at radius 2 is 1.80 bits per heavy atom. The number of benzene rings is 1. The topological polar surface area (TPSA) is 85.5 Å². The molecule has 0 saturated carbocycles. The zero-order valence-electron chi connectivity index (χ0n) is 20.6. The molecule has 1 atom stereocenters. The maximum Gasteiger partial charge on any atom is 0.255 e. The minimum atomic E-state index is -0.686. The van der Waals surface area contributed by atoms with Crippen LogP contribution in [-0.4, -0.2) is 51.6 Å². The van der Waals surface area contributed by atoms with Gasteiger partial charge in [-0.2, -0.15) is 0 Å². The maximum absolute atomic E-state index is 15.1. The van der Waals surface area contributed by atoms with Crippen molar-refractivity contribution in [3.8, 4) is 0 Å². The zero-order chi connectivity index (χ0) is 24.9. The second-order valence-electron chi connectivity index (χ2n) is 11.1. The van der Waals surface area contributed by atoms with Gasteiger partial charge >= 0.3 is 0 Å². The van der Waals surface area contributed by atoms with Crippen molar-refractivity contribution in [2.75, 3.05) is 13.1 Å². The highest BCUT2D eigenvalue weighted by Gasteiger charge is 2.40. The third-order valence-corrected chi connectivity index (χ3v) is 7.62. The molecule has 0 aliphatic carbocycles. The first-order valence-electron chi connectivity index (χ1n) is 12.5. The molecule has 5 rings (SSSR count). The molecule has 186 valence electrons. The van der Waals surface area contributed by atoms with Crippen molar-refractivity contribution in [1.82, 2.24) is 20.1 Å². The van der Waals surface area contributed by atoms with E-state index in [2.05, 4.69) is 48.1 Å². The summed E-state index contributed by atoms with van der Waals surface area (Å²) >= 11 is 0. The summed E-state index contributed by atoms with van der Waals surface area (Å²) in [6, 6.07) is 6.79. The molecule has 8 heteroatoms. The van der Waals surface area contributed by atoms with Crippen LogP contribution < -0.4 is 5.32 Å². The van der Waals surface area contributed by atoms with Gasteiger partial charge < -0.3 is 9.88 Å². The fourth-order valence-corrected chi connectivity index (χ4v) is 5.53. The van der Waals surface area contributed by atoms with Gasteiger partial charge in [-0.1, -0.05) is 26.8 Å². The number of imide groups is 1. The molecular formula is C27H33FN4O3. The minimum Gasteiger partial charge on any atom is -0.361 e. The molecule has 2 N–H and O–H groups in total. The summed E-state index contributed by atoms with van der Waals surface area (Å²) in [5, 5.41) is 2.31. The van der Waals surface area contributed by atoms with E-state index in [1.807, 2.05) is 6.07 Å². The van der Waals surface area contributed by atoms with Crippen LogP contribution in [0.2, 0.25) is 0 Å². The lowest BCUT2D eigenvalue weighted by atomic mass is 9.87. The first-order valence-corrected chi connectivity index (χ1v) is 12.5. The van der Waals surface area contributed by atoms with E-state index < -0.39 is 11.9 Å². The average Bonchev–Trinajstić information content (AvgIpc) is 3.39. The highest BCUT2D eigenvalue weighted by Crippen LogP contribution is 2.35. The Hall–Kier alpha value is -3.00. The highest BCUT2D eigenvalue weighted by atomic mass is 19.1. The van der Waals surface area contributed by atoms with Crippen LogP contribution >= 0.6 is 0 Å². The number of nitrogens with zero attached hydrogens (tertiary/aromatic N) is 2. The third-order valence-electron chi connectivity index (χ3n) is 7.62. The number of aromatic amines is 1. The number of halogens is 1. The molecule has 1 unspecified atom stereocenters. The molecular weight excluding hydrogens is 447 g/mol. The average molecular weight is 481 g/mol. The van der Waals surface area contributed by atoms with Crippen molar-refractivity contribution in [1.29, 1.82) is 0 Å². The zero-order valence-corrected chi connectivity index (χ0v) is 20.6. The summed E-state index contributed by atoms with van der Waals surface area (Å²) in [6.07, 6.45) is 2.21. The summed E-state index contributed by atoms with van der Waals surface area (Å²) in [7, 11) is 0. The van der Waals surface area contributed by atoms with E-state index in [-0.39, 0.29) is 41.9 Å². The van der Waals surface area contributed by atoms with Gasteiger partial charge in [-0.25, -0.2) is 4.39 Å². The van der Waals surface area contributed by atoms with Gasteiger partial charge in [0.15, 0.2) is 0 Å². The second-order valence-corrected chi connectivity index (χ2v) is 11.1. The number of carbonyl (C=O) groups excluding carboxylic acids is 3. The molecule has 2 saturated heterocycles. The quantitative estimate of drug-likeness (QED) is 0.655. The Labute approximate surface area is 205 Å². The smallest absolute Gasteiger partial charge is 0.255 e. The lowest BCUT2D eigenvalue weighted by molar-refractivity contribution is -0.136. The fraction of sp³-hybridized carbons (Fsp3) is 0.519. The predicted molar refractivity (Wildman–Crippen MR) is 129 cm³/mol. The number of hydrogen-bond acceptors (Lipinski definition) is 4. The van der Waals surface area contributed by atoms with Crippen LogP contribution in [0.4, 0.5) is 4.39 Å². The predicted octanol–water partition coefficient (Wildman–Crippen LogP) is 3.59. The van der Waals surface area contributed by atoms with E-state index in [0.29, 0.717) is 17.5 Å². The fourth-order valence-electron chi connectivity index (χ4n) is 5.53. The van der Waals surface area contributed by atoms with Gasteiger partial charge in [0, 0.05) is 41.9 Å². The van der Waals surface area contributed by atoms with Crippen LogP contribution in [0.15, 0.2) is 24.3 Å². The van der Waals surface area contributed by atoms with Gasteiger partial charge in [-0.15, -0.1) is 0 Å². The number of H-pyrrole nitrogens is 1. The number of carbonyl (C=O) groups is 3. The SMILES string of the molecule is CC(C)(C)c1ccc(CN2CCC(c3cc4c(cc3F)C(=O)N(C3CCC(=O)NC3=O)C4)CC2)[nH]1. The maximum atomic E-state index is 15.1. The van der Waals surface area contributed by atoms with Crippen molar-refractivity contribution in [2.45, 2.75) is 76.9 Å². The molecule has 3 amide bonds. The number of aromatic nitrogens is 1. The summed E-state index contributed by atoms with van der Waals surface area (Å²) in [5.41, 5.74) is 4.27. The summed E-state index contributed by atoms with van der Waals surface area (Å²) in [6.45, 7) is 9.46. The van der Waals surface area contributed by atoms with Crippen LogP contribution in [0.5, 0.6) is 0 Å². The van der Waals surface area contributed by atoms with Crippen LogP contribution in [0.1, 0.15) is 85.2 Å². The van der Waals surface area contributed by atoms with Crippen molar-refractivity contribution >= 4 is 17.7 Å². The highest BCUT2D eigenvalue weighted by molar-refractivity contribution is 6.05. The van der Waals surface area contributed by atoms with Crippen LogP contribution in [0.3, 0.4) is 0 Å². The van der Waals surface area contributed by atoms with E-state index in [1.165, 1.54) is 22.4 Å². The molecule has 1 aromatic heterocycles. The van der Waals surface area contributed by atoms with E-state index in [0.717, 1.165) is 38.0 Å². The molecule has 3 aliphatic rings. The van der Waals surface area contributed by atoms with E-state index in [4.69, 9.17) is 0 Å². The Balaban J connectivity index is 1.24. The Bertz CT molecular complexity index is 1170. The first kappa shape index (κ1) is 23.7. The molecule has 0 radical (unpaired) electrons. The molecule has 3 aliphatic heterocycles. The summed E-state index contributed by atoms with van der Waals surface area (Å²) in [5.74, 6) is -1.35. The van der Waals surface area contributed by atoms with Gasteiger partial charge in [0.1, 0.15) is 11.9 Å². The van der Waals surface area contributed by atoms with E-state index in [1.54, 1.807) is 0 Å². The Morgan fingerprint density at radius 1 is 1.06 bits per heavy atom. The van der Waals surface area contributed by atoms with Crippen LogP contribution in [-0.2, 0) is 28.1 Å². The van der Waals surface area contributed by atoms with Crippen molar-refractivity contribution in [2.24, 2.45) is 0 Å². The monoisotopic (exact) mass is 480 g/mol. The van der Waals surface area contributed by atoms with Crippen molar-refractivity contribution in [3.05, 3.63) is 58.2 Å². The van der Waals surface area contributed by atoms with Gasteiger partial charge in [-0.3, -0.25) is 24.6 Å². The molecule has 1 aromatic carbocycles. The van der Waals surface area contributed by atoms with E-state index in [9.17, 15) is 14.4 Å². The van der Waals surface area contributed by atoms with Crippen molar-refractivity contribution < 1.29 is 18.8 Å². The largest absolute Gasteiger partial charge is 0.361 e. The summed E-state index contributed by atoms with van der Waals surface area (Å²) in [4.78, 5) is 44.1. The molecule has 2 fully saturated rings. The first-order chi connectivity index (χ1) is 16.6. The number of rotatable bonds is 4. The lowest BCUT2D eigenvalue weighted by Crippen LogP contribution is -2.52. The molecule has 4 heterocycles. The normalized spacial score (nSPS) is 22.0. The van der Waals surface area contributed by atoms with Crippen molar-refractivity contribution in [3.63, 3.8) is 0 Å². The molecule has 0 spiro atoms. The van der Waals surface area contributed by atoms with Crippen LogP contribution in [0.25, 0.3) is 0 Å². The van der Waals surface area contributed by atoms with Gasteiger partial charge in [-0.05, 0) is 67.6 Å². The van der Waals surface area contributed by atoms with Gasteiger partial charge in [0.25, 0.3) is 5.91 Å². The number of piperidine rings is 2. The minimum absolute atomic E-state index is 0.0888. The third kappa shape index (κ3) is 4.63. The lowest BCUT2D eigenvalue weighted by Gasteiger charge is -2.32. The standard InChI is InChI=1S/C27H33FN4O3/c1-27(2,3)23-6-4-18(29-23)15-31-10-8-16(9-11-31)19-12-17-14-32(26(35)20(17)13-21(19)28)22-5-7-24(33)30-25(22)34/h4,6,12-13,16,22,29H,5,7-11,14-15H2,1-3H3,(H,30,33,34). The second kappa shape index (κ2) is 8.90. The number of fused-ring (bicyclic) bond motifs is 1. The van der Waals surface area contributed by atoms with Crippen LogP contribution in [0, 0.1) is 5.82 Å². The Kier molecular flexibility index (Phi) is 6.03. The van der Waals surface area contributed by atoms with E-state index >= 15 is 4.39 Å². The molecule has 35 heavy (non-hydrogen) atoms. The molecule has 2 aromatic rings. The number of hydrogen-bond donors (Lipinski definition) is 2. The number of likely N-dealkylation sites (tertiary alicyclic amines) is 1.